The number of allylic oxidation sites excluding steroid dienone is 4. The molecule has 11 aromatic carbocycles. The van der Waals surface area contributed by atoms with E-state index in [1.54, 1.807) is 0 Å². The van der Waals surface area contributed by atoms with Gasteiger partial charge < -0.3 is 4.57 Å². The van der Waals surface area contributed by atoms with Gasteiger partial charge in [-0.05, 0) is 96.2 Å². The molecular formula is C65H41N5. The van der Waals surface area contributed by atoms with Crippen molar-refractivity contribution >= 4 is 97.5 Å². The summed E-state index contributed by atoms with van der Waals surface area (Å²) in [6.45, 7) is 0. The normalized spacial score (nSPS) is 14.0. The van der Waals surface area contributed by atoms with E-state index in [9.17, 15) is 0 Å². The minimum Gasteiger partial charge on any atom is -0.307 e. The molecule has 0 amide bonds. The van der Waals surface area contributed by atoms with Crippen LogP contribution in [0.3, 0.4) is 0 Å². The van der Waals surface area contributed by atoms with Crippen LogP contribution in [0.1, 0.15) is 18.2 Å². The molecule has 1 aliphatic carbocycles. The van der Waals surface area contributed by atoms with Crippen molar-refractivity contribution < 1.29 is 0 Å². The molecule has 1 unspecified atom stereocenters. The highest BCUT2D eigenvalue weighted by atomic mass is 15.2. The third-order valence-corrected chi connectivity index (χ3v) is 14.8. The van der Waals surface area contributed by atoms with Crippen LogP contribution < -0.4 is 0 Å². The Morgan fingerprint density at radius 1 is 0.371 bits per heavy atom. The first-order valence-corrected chi connectivity index (χ1v) is 24.1. The predicted octanol–water partition coefficient (Wildman–Crippen LogP) is 16.8. The van der Waals surface area contributed by atoms with Gasteiger partial charge in [-0.2, -0.15) is 9.97 Å². The number of fused-ring (bicyclic) bond motifs is 16. The van der Waals surface area contributed by atoms with Gasteiger partial charge in [0.15, 0.2) is 5.82 Å². The molecule has 3 aromatic heterocycles. The van der Waals surface area contributed by atoms with Gasteiger partial charge in [0.25, 0.3) is 0 Å². The molecule has 3 heterocycles. The standard InChI is InChI=1S/C65H41N5/c1-2-17-41(18-3-1)63-66-64(44-33-34-46-42(38-44)31-30-40-16-4-5-19-45(40)46)68-65(67-63)70-60-29-15-12-26-54(60)56-37-36-55-53-25-11-14-28-59(53)69(61(55)62(56)70)58-27-13-10-20-47(58)43-32-35-52-50-23-7-6-21-48(50)49-22-8-9-24-51(49)57(52)39-43/h1-17,19-39,41H,18H2. The summed E-state index contributed by atoms with van der Waals surface area (Å²) >= 11 is 0. The van der Waals surface area contributed by atoms with Gasteiger partial charge in [0.05, 0.1) is 27.8 Å². The second-order valence-electron chi connectivity index (χ2n) is 18.6. The smallest absolute Gasteiger partial charge is 0.238 e. The predicted molar refractivity (Wildman–Crippen MR) is 293 cm³/mol. The van der Waals surface area contributed by atoms with E-state index in [0.29, 0.717) is 11.8 Å². The Labute approximate surface area is 402 Å². The van der Waals surface area contributed by atoms with Crippen LogP contribution in [0, 0.1) is 0 Å². The quantitative estimate of drug-likeness (QED) is 0.162. The Kier molecular flexibility index (Phi) is 8.42. The lowest BCUT2D eigenvalue weighted by Crippen LogP contribution is -2.11. The molecule has 1 atom stereocenters. The van der Waals surface area contributed by atoms with Crippen molar-refractivity contribution in [3.05, 3.63) is 236 Å². The average Bonchev–Trinajstić information content (AvgIpc) is 3.96. The molecule has 0 N–H and O–H groups in total. The summed E-state index contributed by atoms with van der Waals surface area (Å²) in [4.78, 5) is 16.3. The van der Waals surface area contributed by atoms with Gasteiger partial charge in [-0.1, -0.05) is 200 Å². The Hall–Kier alpha value is -9.19. The highest BCUT2D eigenvalue weighted by Gasteiger charge is 2.26. The zero-order chi connectivity index (χ0) is 45.9. The van der Waals surface area contributed by atoms with Crippen LogP contribution in [-0.2, 0) is 0 Å². The molecule has 5 nitrogen and oxygen atoms in total. The van der Waals surface area contributed by atoms with Crippen molar-refractivity contribution in [2.24, 2.45) is 0 Å². The molecule has 0 fully saturated rings. The SMILES string of the molecule is C1=CCC(c2nc(-c3ccc4c(ccc5ccccc54)c3)nc(-n3c4ccccc4c4ccc5c6ccccc6n(-c6ccccc6-c6ccc7c8ccccc8c8ccccc8c7c6)c5c43)n2)C=C1. The minimum atomic E-state index is -0.00148. The summed E-state index contributed by atoms with van der Waals surface area (Å²) in [6, 6.07) is 75.3. The molecule has 326 valence electrons. The van der Waals surface area contributed by atoms with Gasteiger partial charge in [0.1, 0.15) is 5.82 Å². The van der Waals surface area contributed by atoms with Crippen molar-refractivity contribution in [1.29, 1.82) is 0 Å². The lowest BCUT2D eigenvalue weighted by atomic mass is 9.92. The first-order valence-electron chi connectivity index (χ1n) is 24.1. The Morgan fingerprint density at radius 2 is 0.914 bits per heavy atom. The Bertz CT molecular complexity index is 4550. The van der Waals surface area contributed by atoms with Gasteiger partial charge >= 0.3 is 0 Å². The van der Waals surface area contributed by atoms with Crippen molar-refractivity contribution in [1.82, 2.24) is 24.1 Å². The molecule has 70 heavy (non-hydrogen) atoms. The fourth-order valence-electron chi connectivity index (χ4n) is 11.6. The maximum atomic E-state index is 5.50. The fraction of sp³-hybridized carbons (Fsp3) is 0.0308. The number of benzene rings is 11. The summed E-state index contributed by atoms with van der Waals surface area (Å²) in [5, 5.41) is 17.0. The number of hydrogen-bond donors (Lipinski definition) is 0. The third kappa shape index (κ3) is 5.75. The first-order chi connectivity index (χ1) is 34.7. The van der Waals surface area contributed by atoms with Crippen LogP contribution in [-0.4, -0.2) is 24.1 Å². The highest BCUT2D eigenvalue weighted by molar-refractivity contribution is 6.26. The summed E-state index contributed by atoms with van der Waals surface area (Å²) in [5.41, 5.74) is 8.67. The van der Waals surface area contributed by atoms with Gasteiger partial charge in [-0.15, -0.1) is 0 Å². The van der Waals surface area contributed by atoms with E-state index in [4.69, 9.17) is 15.0 Å². The van der Waals surface area contributed by atoms with Gasteiger partial charge in [-0.25, -0.2) is 4.98 Å². The van der Waals surface area contributed by atoms with Gasteiger partial charge in [0, 0.05) is 38.6 Å². The van der Waals surface area contributed by atoms with E-state index in [1.165, 1.54) is 53.9 Å². The van der Waals surface area contributed by atoms with E-state index in [-0.39, 0.29) is 5.92 Å². The zero-order valence-electron chi connectivity index (χ0n) is 38.0. The Balaban J connectivity index is 1.02. The number of nitrogens with zero attached hydrogens (tertiary/aromatic N) is 5. The lowest BCUT2D eigenvalue weighted by molar-refractivity contribution is 0.750. The molecule has 0 aliphatic heterocycles. The number of aromatic nitrogens is 5. The van der Waals surface area contributed by atoms with Crippen LogP contribution in [0.5, 0.6) is 0 Å². The molecule has 0 saturated carbocycles. The van der Waals surface area contributed by atoms with Crippen molar-refractivity contribution in [3.8, 4) is 34.2 Å². The van der Waals surface area contributed by atoms with Crippen molar-refractivity contribution in [2.45, 2.75) is 12.3 Å². The Morgan fingerprint density at radius 3 is 1.64 bits per heavy atom. The summed E-state index contributed by atoms with van der Waals surface area (Å²) < 4.78 is 4.80. The molecule has 14 aromatic rings. The number of para-hydroxylation sites is 3. The topological polar surface area (TPSA) is 48.5 Å². The van der Waals surface area contributed by atoms with Gasteiger partial charge in [0.2, 0.25) is 5.95 Å². The van der Waals surface area contributed by atoms with Crippen LogP contribution in [0.4, 0.5) is 0 Å². The van der Waals surface area contributed by atoms with E-state index in [2.05, 4.69) is 240 Å². The summed E-state index contributed by atoms with van der Waals surface area (Å²) in [7, 11) is 0. The van der Waals surface area contributed by atoms with E-state index in [0.717, 1.165) is 78.2 Å². The average molecular weight is 892 g/mol. The lowest BCUT2D eigenvalue weighted by Gasteiger charge is -2.18. The van der Waals surface area contributed by atoms with Crippen molar-refractivity contribution in [2.75, 3.05) is 0 Å². The molecule has 0 saturated heterocycles. The second kappa shape index (κ2) is 15.2. The largest absolute Gasteiger partial charge is 0.307 e. The fourth-order valence-corrected chi connectivity index (χ4v) is 11.6. The van der Waals surface area contributed by atoms with Crippen LogP contribution in [0.2, 0.25) is 0 Å². The first kappa shape index (κ1) is 38.9. The van der Waals surface area contributed by atoms with Crippen LogP contribution in [0.25, 0.3) is 132 Å². The molecule has 5 heteroatoms. The second-order valence-corrected chi connectivity index (χ2v) is 18.6. The molecule has 1 aliphatic rings. The maximum absolute atomic E-state index is 5.50. The van der Waals surface area contributed by atoms with Gasteiger partial charge in [-0.3, -0.25) is 4.57 Å². The van der Waals surface area contributed by atoms with E-state index >= 15 is 0 Å². The van der Waals surface area contributed by atoms with E-state index < -0.39 is 0 Å². The monoisotopic (exact) mass is 891 g/mol. The molecule has 0 radical (unpaired) electrons. The zero-order valence-corrected chi connectivity index (χ0v) is 38.0. The summed E-state index contributed by atoms with van der Waals surface area (Å²) in [6.07, 6.45) is 9.45. The molecule has 15 rings (SSSR count). The van der Waals surface area contributed by atoms with Crippen LogP contribution in [0.15, 0.2) is 231 Å². The highest BCUT2D eigenvalue weighted by Crippen LogP contribution is 2.44. The number of hydrogen-bond acceptors (Lipinski definition) is 3. The molecule has 0 bridgehead atoms. The summed E-state index contributed by atoms with van der Waals surface area (Å²) in [5.74, 6) is 2.00. The number of rotatable bonds is 5. The maximum Gasteiger partial charge on any atom is 0.238 e. The van der Waals surface area contributed by atoms with E-state index in [1.807, 2.05) is 0 Å². The van der Waals surface area contributed by atoms with Crippen molar-refractivity contribution in [3.63, 3.8) is 0 Å². The molecular weight excluding hydrogens is 851 g/mol. The molecule has 0 spiro atoms. The third-order valence-electron chi connectivity index (χ3n) is 14.8. The van der Waals surface area contributed by atoms with Crippen LogP contribution >= 0.6 is 0 Å². The minimum absolute atomic E-state index is 0.00148.